The number of aryl methyl sites for hydroxylation is 1. The Hall–Kier alpha value is -1.02. The molecule has 1 aliphatic rings. The lowest BCUT2D eigenvalue weighted by molar-refractivity contribution is 0.117. The van der Waals surface area contributed by atoms with E-state index in [9.17, 15) is 5.11 Å². The van der Waals surface area contributed by atoms with E-state index in [1.165, 1.54) is 36.9 Å². The molecule has 1 aromatic rings. The summed E-state index contributed by atoms with van der Waals surface area (Å²) in [5, 5.41) is 10.2. The average Bonchev–Trinajstić information content (AvgIpc) is 2.82. The molecule has 0 amide bonds. The van der Waals surface area contributed by atoms with Crippen LogP contribution in [0, 0.1) is 12.8 Å². The number of aliphatic hydroxyl groups is 1. The highest BCUT2D eigenvalue weighted by molar-refractivity contribution is 5.47. The number of rotatable bonds is 4. The molecule has 0 bridgehead atoms. The van der Waals surface area contributed by atoms with E-state index in [4.69, 9.17) is 0 Å². The first-order chi connectivity index (χ1) is 8.16. The Labute approximate surface area is 104 Å². The van der Waals surface area contributed by atoms with E-state index >= 15 is 0 Å². The number of anilines is 1. The van der Waals surface area contributed by atoms with Crippen molar-refractivity contribution in [1.82, 2.24) is 0 Å². The summed E-state index contributed by atoms with van der Waals surface area (Å²) in [7, 11) is 2.06. The highest BCUT2D eigenvalue weighted by Gasteiger charge is 2.24. The second-order valence-electron chi connectivity index (χ2n) is 5.33. The number of likely N-dealkylation sites (N-methyl/N-ethyl adjacent to an activating group) is 1. The minimum absolute atomic E-state index is 0.178. The van der Waals surface area contributed by atoms with Crippen LogP contribution >= 0.6 is 0 Å². The lowest BCUT2D eigenvalue weighted by Crippen LogP contribution is -2.33. The Morgan fingerprint density at radius 2 is 2.06 bits per heavy atom. The van der Waals surface area contributed by atoms with Gasteiger partial charge in [-0.15, -0.1) is 0 Å². The molecule has 1 unspecified atom stereocenters. The molecule has 2 rings (SSSR count). The molecular weight excluding hydrogens is 210 g/mol. The van der Waals surface area contributed by atoms with Crippen molar-refractivity contribution in [1.29, 1.82) is 0 Å². The summed E-state index contributed by atoms with van der Waals surface area (Å²) in [6.45, 7) is 2.85. The van der Waals surface area contributed by atoms with Gasteiger partial charge in [0, 0.05) is 19.3 Å². The summed E-state index contributed by atoms with van der Waals surface area (Å²) in [5.74, 6) is 0.516. The average molecular weight is 233 g/mol. The molecule has 1 saturated carbocycles. The largest absolute Gasteiger partial charge is 0.391 e. The molecule has 2 nitrogen and oxygen atoms in total. The maximum atomic E-state index is 10.2. The molecule has 1 aromatic carbocycles. The van der Waals surface area contributed by atoms with Gasteiger partial charge in [0.2, 0.25) is 0 Å². The lowest BCUT2D eigenvalue weighted by atomic mass is 10.0. The van der Waals surface area contributed by atoms with Crippen molar-refractivity contribution < 1.29 is 5.11 Å². The van der Waals surface area contributed by atoms with E-state index in [1.54, 1.807) is 0 Å². The summed E-state index contributed by atoms with van der Waals surface area (Å²) in [5.41, 5.74) is 2.46. The summed E-state index contributed by atoms with van der Waals surface area (Å²) in [4.78, 5) is 2.16. The summed E-state index contributed by atoms with van der Waals surface area (Å²) >= 11 is 0. The van der Waals surface area contributed by atoms with Gasteiger partial charge in [-0.25, -0.2) is 0 Å². The van der Waals surface area contributed by atoms with Gasteiger partial charge >= 0.3 is 0 Å². The van der Waals surface area contributed by atoms with Crippen molar-refractivity contribution in [2.24, 2.45) is 5.92 Å². The fourth-order valence-electron chi connectivity index (χ4n) is 2.74. The Kier molecular flexibility index (Phi) is 4.06. The molecule has 17 heavy (non-hydrogen) atoms. The molecule has 0 heterocycles. The zero-order valence-corrected chi connectivity index (χ0v) is 10.9. The van der Waals surface area contributed by atoms with Crippen LogP contribution in [-0.2, 0) is 0 Å². The Balaban J connectivity index is 1.93. The summed E-state index contributed by atoms with van der Waals surface area (Å²) in [6.07, 6.45) is 4.79. The van der Waals surface area contributed by atoms with Crippen LogP contribution in [0.25, 0.3) is 0 Å². The fourth-order valence-corrected chi connectivity index (χ4v) is 2.74. The molecule has 0 aliphatic heterocycles. The molecule has 1 atom stereocenters. The molecule has 2 heteroatoms. The number of benzene rings is 1. The lowest BCUT2D eigenvalue weighted by Gasteiger charge is -2.26. The zero-order valence-electron chi connectivity index (χ0n) is 10.9. The molecule has 0 saturated heterocycles. The van der Waals surface area contributed by atoms with Gasteiger partial charge in [0.25, 0.3) is 0 Å². The van der Waals surface area contributed by atoms with Crippen LogP contribution in [0.1, 0.15) is 31.2 Å². The first-order valence-corrected chi connectivity index (χ1v) is 6.62. The van der Waals surface area contributed by atoms with Crippen LogP contribution in [0.3, 0.4) is 0 Å². The standard InChI is InChI=1S/C15H23NO/c1-12-6-5-9-14(10-12)16(2)11-15(17)13-7-3-4-8-13/h5-6,9-10,13,15,17H,3-4,7-8,11H2,1-2H3. The maximum Gasteiger partial charge on any atom is 0.0743 e. The van der Waals surface area contributed by atoms with E-state index in [1.807, 2.05) is 0 Å². The van der Waals surface area contributed by atoms with E-state index in [0.717, 1.165) is 6.54 Å². The molecule has 0 aromatic heterocycles. The topological polar surface area (TPSA) is 23.5 Å². The van der Waals surface area contributed by atoms with Gasteiger partial charge < -0.3 is 10.0 Å². The Morgan fingerprint density at radius 1 is 1.35 bits per heavy atom. The minimum atomic E-state index is -0.178. The fraction of sp³-hybridized carbons (Fsp3) is 0.600. The quantitative estimate of drug-likeness (QED) is 0.864. The molecule has 0 radical (unpaired) electrons. The van der Waals surface area contributed by atoms with Crippen LogP contribution in [0.5, 0.6) is 0 Å². The van der Waals surface area contributed by atoms with Crippen molar-refractivity contribution in [3.05, 3.63) is 29.8 Å². The van der Waals surface area contributed by atoms with Crippen molar-refractivity contribution >= 4 is 5.69 Å². The monoisotopic (exact) mass is 233 g/mol. The van der Waals surface area contributed by atoms with E-state index in [-0.39, 0.29) is 6.10 Å². The van der Waals surface area contributed by atoms with Gasteiger partial charge in [-0.3, -0.25) is 0 Å². The van der Waals surface area contributed by atoms with Gasteiger partial charge in [0.1, 0.15) is 0 Å². The molecule has 1 aliphatic carbocycles. The number of hydrogen-bond acceptors (Lipinski definition) is 2. The third kappa shape index (κ3) is 3.22. The number of aliphatic hydroxyl groups excluding tert-OH is 1. The molecular formula is C15H23NO. The van der Waals surface area contributed by atoms with Crippen LogP contribution in [0.2, 0.25) is 0 Å². The van der Waals surface area contributed by atoms with Crippen LogP contribution < -0.4 is 4.90 Å². The first kappa shape index (κ1) is 12.4. The second-order valence-corrected chi connectivity index (χ2v) is 5.33. The summed E-state index contributed by atoms with van der Waals surface area (Å²) < 4.78 is 0. The van der Waals surface area contributed by atoms with E-state index < -0.39 is 0 Å². The van der Waals surface area contributed by atoms with E-state index in [2.05, 4.69) is 43.1 Å². The molecule has 94 valence electrons. The third-order valence-electron chi connectivity index (χ3n) is 3.85. The van der Waals surface area contributed by atoms with Crippen LogP contribution in [0.15, 0.2) is 24.3 Å². The van der Waals surface area contributed by atoms with Crippen molar-refractivity contribution in [2.75, 3.05) is 18.5 Å². The van der Waals surface area contributed by atoms with Gasteiger partial charge in [0.05, 0.1) is 6.10 Å². The predicted octanol–water partition coefficient (Wildman–Crippen LogP) is 2.98. The van der Waals surface area contributed by atoms with Crippen LogP contribution in [-0.4, -0.2) is 24.8 Å². The molecule has 1 N–H and O–H groups in total. The highest BCUT2D eigenvalue weighted by Crippen LogP contribution is 2.28. The van der Waals surface area contributed by atoms with E-state index in [0.29, 0.717) is 5.92 Å². The van der Waals surface area contributed by atoms with Crippen molar-refractivity contribution in [3.63, 3.8) is 0 Å². The number of nitrogens with zero attached hydrogens (tertiary/aromatic N) is 1. The smallest absolute Gasteiger partial charge is 0.0743 e. The SMILES string of the molecule is Cc1cccc(N(C)CC(O)C2CCCC2)c1. The second kappa shape index (κ2) is 5.54. The minimum Gasteiger partial charge on any atom is -0.391 e. The normalized spacial score (nSPS) is 18.3. The van der Waals surface area contributed by atoms with Gasteiger partial charge in [-0.1, -0.05) is 25.0 Å². The van der Waals surface area contributed by atoms with Crippen LogP contribution in [0.4, 0.5) is 5.69 Å². The Bertz CT molecular complexity index is 358. The summed E-state index contributed by atoms with van der Waals surface area (Å²) in [6, 6.07) is 8.45. The molecule has 0 spiro atoms. The highest BCUT2D eigenvalue weighted by atomic mass is 16.3. The van der Waals surface area contributed by atoms with Crippen molar-refractivity contribution in [3.8, 4) is 0 Å². The predicted molar refractivity (Wildman–Crippen MR) is 72.4 cm³/mol. The maximum absolute atomic E-state index is 10.2. The third-order valence-corrected chi connectivity index (χ3v) is 3.85. The van der Waals surface area contributed by atoms with Crippen molar-refractivity contribution in [2.45, 2.75) is 38.7 Å². The zero-order chi connectivity index (χ0) is 12.3. The van der Waals surface area contributed by atoms with Gasteiger partial charge in [-0.05, 0) is 43.4 Å². The molecule has 1 fully saturated rings. The Morgan fingerprint density at radius 3 is 2.71 bits per heavy atom. The van der Waals surface area contributed by atoms with Gasteiger partial charge in [0.15, 0.2) is 0 Å². The van der Waals surface area contributed by atoms with Gasteiger partial charge in [-0.2, -0.15) is 0 Å². The number of hydrogen-bond donors (Lipinski definition) is 1. The first-order valence-electron chi connectivity index (χ1n) is 6.62.